The molecule has 0 bridgehead atoms. The van der Waals surface area contributed by atoms with Crippen LogP contribution in [0.1, 0.15) is 12.8 Å². The van der Waals surface area contributed by atoms with Gasteiger partial charge in [0.25, 0.3) is 0 Å². The highest BCUT2D eigenvalue weighted by Crippen LogP contribution is 2.32. The number of methoxy groups -OCH3 is 1. The molecular weight excluding hydrogens is 434 g/mol. The van der Waals surface area contributed by atoms with Crippen molar-refractivity contribution >= 4 is 21.7 Å². The number of nitrogens with one attached hydrogen (secondary N) is 2. The average Bonchev–Trinajstić information content (AvgIpc) is 2.83. The van der Waals surface area contributed by atoms with Gasteiger partial charge in [0.15, 0.2) is 11.5 Å². The minimum absolute atomic E-state index is 0.148. The first-order chi connectivity index (χ1) is 15.5. The topological polar surface area (TPSA) is 106 Å². The van der Waals surface area contributed by atoms with Gasteiger partial charge in [-0.05, 0) is 43.0 Å². The summed E-state index contributed by atoms with van der Waals surface area (Å²) in [5.41, 5.74) is 0.620. The molecule has 32 heavy (non-hydrogen) atoms. The number of benzene rings is 2. The zero-order valence-corrected chi connectivity index (χ0v) is 18.7. The molecule has 172 valence electrons. The fraction of sp³-hybridized carbons (Fsp3) is 0.409. The van der Waals surface area contributed by atoms with Gasteiger partial charge in [0.2, 0.25) is 10.0 Å². The maximum atomic E-state index is 12.7. The molecule has 0 spiro atoms. The molecule has 0 unspecified atom stereocenters. The maximum Gasteiger partial charge on any atom is 0.321 e. The number of ether oxygens (including phenoxy) is 3. The number of amides is 2. The van der Waals surface area contributed by atoms with Crippen LogP contribution in [0.2, 0.25) is 0 Å². The van der Waals surface area contributed by atoms with Crippen molar-refractivity contribution in [1.82, 2.24) is 9.62 Å². The predicted octanol–water partition coefficient (Wildman–Crippen LogP) is 2.69. The number of sulfonamides is 1. The lowest BCUT2D eigenvalue weighted by molar-refractivity contribution is 0.171. The van der Waals surface area contributed by atoms with Gasteiger partial charge in [0.1, 0.15) is 19.0 Å². The number of piperidine rings is 1. The van der Waals surface area contributed by atoms with Gasteiger partial charge in [-0.25, -0.2) is 17.9 Å². The van der Waals surface area contributed by atoms with Gasteiger partial charge in [-0.2, -0.15) is 0 Å². The zero-order chi connectivity index (χ0) is 22.6. The Balaban J connectivity index is 1.28. The molecule has 1 fully saturated rings. The van der Waals surface area contributed by atoms with Crippen molar-refractivity contribution < 1.29 is 27.4 Å². The number of fused-ring (bicyclic) bond motifs is 1. The molecule has 2 N–H and O–H groups in total. The van der Waals surface area contributed by atoms with E-state index in [4.69, 9.17) is 14.2 Å². The molecule has 4 rings (SSSR count). The first kappa shape index (κ1) is 22.2. The molecule has 2 amide bonds. The summed E-state index contributed by atoms with van der Waals surface area (Å²) in [5, 5.41) is 2.88. The molecule has 2 aromatic carbocycles. The molecule has 0 aliphatic carbocycles. The van der Waals surface area contributed by atoms with Crippen LogP contribution in [-0.4, -0.2) is 59.3 Å². The lowest BCUT2D eigenvalue weighted by Gasteiger charge is -2.32. The summed E-state index contributed by atoms with van der Waals surface area (Å²) in [7, 11) is -2.11. The standard InChI is InChI=1S/C22H27N3O6S/c1-29-19-5-3-2-4-18(19)24-22(26)25-10-8-16(9-11-25)15-23-32(27,28)17-6-7-20-21(14-17)31-13-12-30-20/h2-7,14,16,23H,8-13,15H2,1H3,(H,24,26). The summed E-state index contributed by atoms with van der Waals surface area (Å²) < 4.78 is 44.3. The minimum atomic E-state index is -3.66. The van der Waals surface area contributed by atoms with Crippen molar-refractivity contribution in [1.29, 1.82) is 0 Å². The van der Waals surface area contributed by atoms with Crippen LogP contribution < -0.4 is 24.2 Å². The Hall–Kier alpha value is -2.98. The Morgan fingerprint density at radius 1 is 1.09 bits per heavy atom. The first-order valence-corrected chi connectivity index (χ1v) is 12.0. The normalized spacial score (nSPS) is 16.5. The van der Waals surface area contributed by atoms with E-state index in [2.05, 4.69) is 10.0 Å². The van der Waals surface area contributed by atoms with Gasteiger partial charge >= 0.3 is 6.03 Å². The second-order valence-corrected chi connectivity index (χ2v) is 9.49. The van der Waals surface area contributed by atoms with E-state index in [1.165, 1.54) is 12.1 Å². The number of likely N-dealkylation sites (tertiary alicyclic amines) is 1. The summed E-state index contributed by atoms with van der Waals surface area (Å²) >= 11 is 0. The number of carbonyl (C=O) groups excluding carboxylic acids is 1. The monoisotopic (exact) mass is 461 g/mol. The van der Waals surface area contributed by atoms with Crippen LogP contribution in [0.4, 0.5) is 10.5 Å². The molecule has 2 aliphatic rings. The predicted molar refractivity (Wildman–Crippen MR) is 119 cm³/mol. The van der Waals surface area contributed by atoms with Gasteiger partial charge in [0.05, 0.1) is 17.7 Å². The molecule has 2 aliphatic heterocycles. The second-order valence-electron chi connectivity index (χ2n) is 7.72. The van der Waals surface area contributed by atoms with E-state index >= 15 is 0 Å². The molecule has 2 aromatic rings. The van der Waals surface area contributed by atoms with Gasteiger partial charge in [0, 0.05) is 25.7 Å². The van der Waals surface area contributed by atoms with E-state index in [0.29, 0.717) is 68.6 Å². The van der Waals surface area contributed by atoms with Gasteiger partial charge in [-0.3, -0.25) is 0 Å². The number of urea groups is 1. The maximum absolute atomic E-state index is 12.7. The van der Waals surface area contributed by atoms with Crippen LogP contribution >= 0.6 is 0 Å². The van der Waals surface area contributed by atoms with Gasteiger partial charge in [-0.1, -0.05) is 12.1 Å². The van der Waals surface area contributed by atoms with Crippen LogP contribution in [0.25, 0.3) is 0 Å². The highest BCUT2D eigenvalue weighted by atomic mass is 32.2. The van der Waals surface area contributed by atoms with Crippen molar-refractivity contribution in [2.45, 2.75) is 17.7 Å². The lowest BCUT2D eigenvalue weighted by Crippen LogP contribution is -2.43. The van der Waals surface area contributed by atoms with Crippen LogP contribution in [0, 0.1) is 5.92 Å². The molecule has 10 heteroatoms. The van der Waals surface area contributed by atoms with Crippen LogP contribution in [-0.2, 0) is 10.0 Å². The highest BCUT2D eigenvalue weighted by Gasteiger charge is 2.26. The summed E-state index contributed by atoms with van der Waals surface area (Å²) in [6, 6.07) is 11.7. The average molecular weight is 462 g/mol. The van der Waals surface area contributed by atoms with E-state index in [1.807, 2.05) is 12.1 Å². The Bertz CT molecular complexity index is 1070. The van der Waals surface area contributed by atoms with Crippen LogP contribution in [0.15, 0.2) is 47.4 Å². The largest absolute Gasteiger partial charge is 0.495 e. The van der Waals surface area contributed by atoms with E-state index < -0.39 is 10.0 Å². The minimum Gasteiger partial charge on any atom is -0.495 e. The number of nitrogens with zero attached hydrogens (tertiary/aromatic N) is 1. The first-order valence-electron chi connectivity index (χ1n) is 10.5. The van der Waals surface area contributed by atoms with Crippen LogP contribution in [0.3, 0.4) is 0 Å². The number of hydrogen-bond acceptors (Lipinski definition) is 6. The lowest BCUT2D eigenvalue weighted by atomic mass is 9.97. The van der Waals surface area contributed by atoms with Crippen molar-refractivity contribution in [2.75, 3.05) is 45.3 Å². The summed E-state index contributed by atoms with van der Waals surface area (Å²) in [5.74, 6) is 1.74. The highest BCUT2D eigenvalue weighted by molar-refractivity contribution is 7.89. The van der Waals surface area contributed by atoms with E-state index in [9.17, 15) is 13.2 Å². The zero-order valence-electron chi connectivity index (χ0n) is 17.9. The smallest absolute Gasteiger partial charge is 0.321 e. The fourth-order valence-corrected chi connectivity index (χ4v) is 4.92. The number of hydrogen-bond donors (Lipinski definition) is 2. The van der Waals surface area contributed by atoms with E-state index in [1.54, 1.807) is 30.2 Å². The number of carbonyl (C=O) groups is 1. The number of para-hydroxylation sites is 2. The van der Waals surface area contributed by atoms with Gasteiger partial charge < -0.3 is 24.4 Å². The third kappa shape index (κ3) is 5.08. The molecule has 2 heterocycles. The molecule has 1 saturated heterocycles. The van der Waals surface area contributed by atoms with Crippen molar-refractivity contribution in [2.24, 2.45) is 5.92 Å². The molecule has 0 atom stereocenters. The van der Waals surface area contributed by atoms with E-state index in [-0.39, 0.29) is 16.8 Å². The number of anilines is 1. The Morgan fingerprint density at radius 2 is 1.81 bits per heavy atom. The van der Waals surface area contributed by atoms with Crippen molar-refractivity contribution in [3.63, 3.8) is 0 Å². The Kier molecular flexibility index (Phi) is 6.71. The third-order valence-corrected chi connectivity index (χ3v) is 7.06. The molecule has 0 radical (unpaired) electrons. The quantitative estimate of drug-likeness (QED) is 0.685. The summed E-state index contributed by atoms with van der Waals surface area (Å²) in [4.78, 5) is 14.5. The molecule has 9 nitrogen and oxygen atoms in total. The Labute approximate surface area is 187 Å². The SMILES string of the molecule is COc1ccccc1NC(=O)N1CCC(CNS(=O)(=O)c2ccc3c(c2)OCCO3)CC1. The molecule has 0 saturated carbocycles. The van der Waals surface area contributed by atoms with E-state index in [0.717, 1.165) is 0 Å². The summed E-state index contributed by atoms with van der Waals surface area (Å²) in [6.07, 6.45) is 1.42. The summed E-state index contributed by atoms with van der Waals surface area (Å²) in [6.45, 7) is 2.27. The van der Waals surface area contributed by atoms with Crippen molar-refractivity contribution in [3.8, 4) is 17.2 Å². The number of rotatable bonds is 6. The second kappa shape index (κ2) is 9.66. The fourth-order valence-electron chi connectivity index (χ4n) is 3.78. The molecule has 0 aromatic heterocycles. The van der Waals surface area contributed by atoms with Crippen molar-refractivity contribution in [3.05, 3.63) is 42.5 Å². The Morgan fingerprint density at radius 3 is 2.56 bits per heavy atom. The van der Waals surface area contributed by atoms with Gasteiger partial charge in [-0.15, -0.1) is 0 Å². The molecular formula is C22H27N3O6S. The van der Waals surface area contributed by atoms with Crippen LogP contribution in [0.5, 0.6) is 17.2 Å². The third-order valence-electron chi connectivity index (χ3n) is 5.64.